The summed E-state index contributed by atoms with van der Waals surface area (Å²) in [7, 11) is 4.79. The van der Waals surface area contributed by atoms with Crippen LogP contribution in [-0.2, 0) is 19.9 Å². The maximum Gasteiger partial charge on any atom is 0.275 e. The number of fused-ring (bicyclic) bond motifs is 1. The molecule has 1 aliphatic rings. The Bertz CT molecular complexity index is 1200. The number of rotatable bonds is 5. The van der Waals surface area contributed by atoms with E-state index in [2.05, 4.69) is 10.4 Å². The van der Waals surface area contributed by atoms with E-state index in [1.165, 1.54) is 9.25 Å². The van der Waals surface area contributed by atoms with Gasteiger partial charge in [-0.25, -0.2) is 0 Å². The van der Waals surface area contributed by atoms with E-state index in [1.807, 2.05) is 0 Å². The van der Waals surface area contributed by atoms with Crippen LogP contribution in [0.3, 0.4) is 0 Å². The molecule has 29 heavy (non-hydrogen) atoms. The van der Waals surface area contributed by atoms with E-state index >= 15 is 0 Å². The van der Waals surface area contributed by atoms with Crippen LogP contribution in [0, 0.1) is 0 Å². The van der Waals surface area contributed by atoms with Crippen molar-refractivity contribution in [3.05, 3.63) is 68.4 Å². The molecule has 2 aromatic heterocycles. The number of hydrogen-bond donors (Lipinski definition) is 1. The van der Waals surface area contributed by atoms with Crippen molar-refractivity contribution < 1.29 is 9.47 Å². The molecule has 0 saturated carbocycles. The molecule has 1 aliphatic carbocycles. The summed E-state index contributed by atoms with van der Waals surface area (Å²) < 4.78 is 13.5. The van der Waals surface area contributed by atoms with E-state index in [1.54, 1.807) is 57.8 Å². The van der Waals surface area contributed by atoms with Crippen molar-refractivity contribution in [3.8, 4) is 17.2 Å². The Morgan fingerprint density at radius 2 is 1.76 bits per heavy atom. The Morgan fingerprint density at radius 3 is 2.52 bits per heavy atom. The minimum atomic E-state index is -0.162. The predicted molar refractivity (Wildman–Crippen MR) is 110 cm³/mol. The molecule has 0 aliphatic heterocycles. The van der Waals surface area contributed by atoms with Crippen molar-refractivity contribution in [2.75, 3.05) is 19.5 Å². The fourth-order valence-electron chi connectivity index (χ4n) is 3.63. The molecular weight excluding hydrogens is 372 g/mol. The van der Waals surface area contributed by atoms with Gasteiger partial charge in [0.15, 0.2) is 17.3 Å². The van der Waals surface area contributed by atoms with Crippen LogP contribution < -0.4 is 25.9 Å². The molecule has 0 fully saturated rings. The van der Waals surface area contributed by atoms with Crippen molar-refractivity contribution in [1.82, 2.24) is 14.3 Å². The zero-order valence-electron chi connectivity index (χ0n) is 16.6. The Labute approximate surface area is 167 Å². The highest BCUT2D eigenvalue weighted by Crippen LogP contribution is 2.30. The highest BCUT2D eigenvalue weighted by Gasteiger charge is 2.23. The van der Waals surface area contributed by atoms with Gasteiger partial charge in [-0.2, -0.15) is 4.68 Å². The summed E-state index contributed by atoms with van der Waals surface area (Å²) in [4.78, 5) is 25.5. The predicted octanol–water partition coefficient (Wildman–Crippen LogP) is 2.18. The molecular formula is C21H22N4O4. The molecule has 1 N–H and O–H groups in total. The Morgan fingerprint density at radius 1 is 1.00 bits per heavy atom. The lowest BCUT2D eigenvalue weighted by Gasteiger charge is -2.15. The SMILES string of the molecule is COc1ccc(-n2nc(Nc3cccn(C)c3=O)c3c(c2=O)CCC3)cc1OC. The number of aryl methyl sites for hydroxylation is 1. The summed E-state index contributed by atoms with van der Waals surface area (Å²) in [5, 5.41) is 7.70. The molecule has 0 unspecified atom stereocenters. The number of aromatic nitrogens is 3. The maximum absolute atomic E-state index is 13.1. The van der Waals surface area contributed by atoms with Crippen molar-refractivity contribution in [2.45, 2.75) is 19.3 Å². The van der Waals surface area contributed by atoms with Crippen LogP contribution in [0.1, 0.15) is 17.5 Å². The molecule has 0 radical (unpaired) electrons. The molecule has 3 aromatic rings. The highest BCUT2D eigenvalue weighted by atomic mass is 16.5. The van der Waals surface area contributed by atoms with Gasteiger partial charge in [0.2, 0.25) is 0 Å². The third kappa shape index (κ3) is 3.26. The molecule has 1 aromatic carbocycles. The van der Waals surface area contributed by atoms with Crippen LogP contribution in [0.4, 0.5) is 11.5 Å². The normalized spacial score (nSPS) is 12.5. The van der Waals surface area contributed by atoms with Gasteiger partial charge in [0.1, 0.15) is 5.69 Å². The zero-order chi connectivity index (χ0) is 20.5. The summed E-state index contributed by atoms with van der Waals surface area (Å²) in [5.74, 6) is 1.59. The second kappa shape index (κ2) is 7.46. The number of nitrogens with one attached hydrogen (secondary N) is 1. The second-order valence-electron chi connectivity index (χ2n) is 6.88. The molecule has 8 nitrogen and oxygen atoms in total. The van der Waals surface area contributed by atoms with E-state index in [-0.39, 0.29) is 11.1 Å². The molecule has 0 bridgehead atoms. The fraction of sp³-hybridized carbons (Fsp3) is 0.286. The average Bonchev–Trinajstić information content (AvgIpc) is 3.23. The number of nitrogens with zero attached hydrogens (tertiary/aromatic N) is 3. The van der Waals surface area contributed by atoms with Gasteiger partial charge in [0.25, 0.3) is 11.1 Å². The van der Waals surface area contributed by atoms with Crippen molar-refractivity contribution in [3.63, 3.8) is 0 Å². The first-order valence-corrected chi connectivity index (χ1v) is 9.33. The fourth-order valence-corrected chi connectivity index (χ4v) is 3.63. The minimum absolute atomic E-state index is 0.156. The van der Waals surface area contributed by atoms with Crippen molar-refractivity contribution >= 4 is 11.5 Å². The lowest BCUT2D eigenvalue weighted by molar-refractivity contribution is 0.354. The Kier molecular flexibility index (Phi) is 4.84. The molecule has 0 spiro atoms. The number of pyridine rings is 1. The summed E-state index contributed by atoms with van der Waals surface area (Å²) in [6, 6.07) is 8.68. The number of hydrogen-bond acceptors (Lipinski definition) is 6. The van der Waals surface area contributed by atoms with Crippen LogP contribution >= 0.6 is 0 Å². The molecule has 4 rings (SSSR count). The van der Waals surface area contributed by atoms with Crippen LogP contribution in [0.5, 0.6) is 11.5 Å². The molecule has 0 atom stereocenters. The number of benzene rings is 1. The first-order chi connectivity index (χ1) is 14.0. The molecule has 150 valence electrons. The topological polar surface area (TPSA) is 87.4 Å². The third-order valence-electron chi connectivity index (χ3n) is 5.14. The van der Waals surface area contributed by atoms with Crippen LogP contribution in [0.15, 0.2) is 46.1 Å². The van der Waals surface area contributed by atoms with E-state index in [0.717, 1.165) is 24.0 Å². The summed E-state index contributed by atoms with van der Waals surface area (Å²) in [5.41, 5.74) is 2.25. The average molecular weight is 394 g/mol. The third-order valence-corrected chi connectivity index (χ3v) is 5.14. The van der Waals surface area contributed by atoms with Gasteiger partial charge >= 0.3 is 0 Å². The van der Waals surface area contributed by atoms with Gasteiger partial charge in [-0.3, -0.25) is 9.59 Å². The van der Waals surface area contributed by atoms with Gasteiger partial charge in [-0.15, -0.1) is 5.10 Å². The largest absolute Gasteiger partial charge is 0.493 e. The quantitative estimate of drug-likeness (QED) is 0.714. The first-order valence-electron chi connectivity index (χ1n) is 9.33. The summed E-state index contributed by atoms with van der Waals surface area (Å²) in [6.45, 7) is 0. The van der Waals surface area contributed by atoms with Crippen LogP contribution in [0.25, 0.3) is 5.69 Å². The van der Waals surface area contributed by atoms with E-state index in [9.17, 15) is 9.59 Å². The van der Waals surface area contributed by atoms with Crippen molar-refractivity contribution in [1.29, 1.82) is 0 Å². The lowest BCUT2D eigenvalue weighted by atomic mass is 10.2. The van der Waals surface area contributed by atoms with E-state index < -0.39 is 0 Å². The summed E-state index contributed by atoms with van der Waals surface area (Å²) in [6.07, 6.45) is 4.00. The zero-order valence-corrected chi connectivity index (χ0v) is 16.6. The molecule has 0 amide bonds. The number of methoxy groups -OCH3 is 2. The number of ether oxygens (including phenoxy) is 2. The van der Waals surface area contributed by atoms with Gasteiger partial charge in [0, 0.05) is 30.4 Å². The van der Waals surface area contributed by atoms with Crippen LogP contribution in [-0.4, -0.2) is 28.6 Å². The van der Waals surface area contributed by atoms with Gasteiger partial charge < -0.3 is 19.4 Å². The van der Waals surface area contributed by atoms with Crippen LogP contribution in [0.2, 0.25) is 0 Å². The summed E-state index contributed by atoms with van der Waals surface area (Å²) >= 11 is 0. The molecule has 2 heterocycles. The van der Waals surface area contributed by atoms with Gasteiger partial charge in [-0.1, -0.05) is 0 Å². The number of anilines is 2. The van der Waals surface area contributed by atoms with E-state index in [0.29, 0.717) is 35.1 Å². The highest BCUT2D eigenvalue weighted by molar-refractivity contribution is 5.61. The van der Waals surface area contributed by atoms with Crippen molar-refractivity contribution in [2.24, 2.45) is 7.05 Å². The first kappa shape index (κ1) is 18.8. The lowest BCUT2D eigenvalue weighted by Crippen LogP contribution is -2.27. The second-order valence-corrected chi connectivity index (χ2v) is 6.88. The van der Waals surface area contributed by atoms with E-state index in [4.69, 9.17) is 9.47 Å². The smallest absolute Gasteiger partial charge is 0.275 e. The molecule has 8 heteroatoms. The molecule has 0 saturated heterocycles. The Hall–Kier alpha value is -3.55. The maximum atomic E-state index is 13.1. The monoisotopic (exact) mass is 394 g/mol. The van der Waals surface area contributed by atoms with Gasteiger partial charge in [-0.05, 0) is 43.5 Å². The minimum Gasteiger partial charge on any atom is -0.493 e. The Balaban J connectivity index is 1.87. The standard InChI is InChI=1S/C21H22N4O4/c1-24-11-5-8-16(21(24)27)22-19-14-6-4-7-15(14)20(26)25(23-19)13-9-10-17(28-2)18(12-13)29-3/h5,8-12H,4,6-7H2,1-3H3,(H,22,23). The van der Waals surface area contributed by atoms with Gasteiger partial charge in [0.05, 0.1) is 19.9 Å².